The lowest BCUT2D eigenvalue weighted by atomic mass is 9.95. The number of carbonyl (C=O) groups excluding carboxylic acids is 2. The van der Waals surface area contributed by atoms with Gasteiger partial charge in [0.25, 0.3) is 5.78 Å². The zero-order chi connectivity index (χ0) is 31.3. The SMILES string of the molecule is CCCCCOc1cccc(C2/C(=C(/O)c3ccc4c(c3)OCCO4)C(=O)C(=O)N2c2nnc(SCc3ccccc3F)s2)c1. The Morgan fingerprint density at radius 3 is 2.69 bits per heavy atom. The number of Topliss-reactive ketones (excluding diaryl/α,β-unsaturated/α-hetero) is 1. The number of nitrogens with zero attached hydrogens (tertiary/aromatic N) is 3. The van der Waals surface area contributed by atoms with Gasteiger partial charge in [-0.2, -0.15) is 0 Å². The number of anilines is 1. The van der Waals surface area contributed by atoms with E-state index in [4.69, 9.17) is 14.2 Å². The van der Waals surface area contributed by atoms with E-state index in [0.29, 0.717) is 63.9 Å². The average Bonchev–Trinajstić information content (AvgIpc) is 3.64. The zero-order valence-corrected chi connectivity index (χ0v) is 26.0. The summed E-state index contributed by atoms with van der Waals surface area (Å²) >= 11 is 2.38. The maximum absolute atomic E-state index is 14.2. The number of halogens is 1. The number of thioether (sulfide) groups is 1. The van der Waals surface area contributed by atoms with E-state index in [2.05, 4.69) is 17.1 Å². The fraction of sp³-hybridized carbons (Fsp3) is 0.273. The molecule has 0 aliphatic carbocycles. The van der Waals surface area contributed by atoms with Crippen molar-refractivity contribution < 1.29 is 33.3 Å². The highest BCUT2D eigenvalue weighted by molar-refractivity contribution is 8.00. The third kappa shape index (κ3) is 6.52. The van der Waals surface area contributed by atoms with Crippen LogP contribution in [0.4, 0.5) is 9.52 Å². The van der Waals surface area contributed by atoms with Crippen LogP contribution in [-0.2, 0) is 15.3 Å². The number of aromatic nitrogens is 2. The van der Waals surface area contributed by atoms with E-state index in [1.165, 1.54) is 22.7 Å². The minimum atomic E-state index is -1.02. The Morgan fingerprint density at radius 2 is 1.87 bits per heavy atom. The van der Waals surface area contributed by atoms with Gasteiger partial charge < -0.3 is 19.3 Å². The number of ether oxygens (including phenoxy) is 3. The number of amides is 1. The van der Waals surface area contributed by atoms with Crippen molar-refractivity contribution in [2.75, 3.05) is 24.7 Å². The van der Waals surface area contributed by atoms with Crippen LogP contribution in [0.1, 0.15) is 48.9 Å². The van der Waals surface area contributed by atoms with E-state index in [-0.39, 0.29) is 22.3 Å². The second kappa shape index (κ2) is 13.7. The molecule has 45 heavy (non-hydrogen) atoms. The van der Waals surface area contributed by atoms with Crippen LogP contribution in [0.25, 0.3) is 5.76 Å². The maximum Gasteiger partial charge on any atom is 0.301 e. The number of rotatable bonds is 11. The molecule has 2 aliphatic rings. The van der Waals surface area contributed by atoms with Gasteiger partial charge in [-0.3, -0.25) is 14.5 Å². The lowest BCUT2D eigenvalue weighted by Gasteiger charge is -2.23. The summed E-state index contributed by atoms with van der Waals surface area (Å²) in [7, 11) is 0. The van der Waals surface area contributed by atoms with Gasteiger partial charge in [0, 0.05) is 11.3 Å². The summed E-state index contributed by atoms with van der Waals surface area (Å²) in [6.45, 7) is 3.39. The summed E-state index contributed by atoms with van der Waals surface area (Å²) in [5, 5.41) is 20.2. The summed E-state index contributed by atoms with van der Waals surface area (Å²) in [4.78, 5) is 28.6. The molecule has 1 unspecified atom stereocenters. The zero-order valence-electron chi connectivity index (χ0n) is 24.4. The first-order valence-electron chi connectivity index (χ1n) is 14.6. The van der Waals surface area contributed by atoms with Crippen molar-refractivity contribution in [3.63, 3.8) is 0 Å². The van der Waals surface area contributed by atoms with Crippen LogP contribution in [0.15, 0.2) is 76.6 Å². The molecule has 1 amide bonds. The van der Waals surface area contributed by atoms with Gasteiger partial charge in [-0.15, -0.1) is 10.2 Å². The highest BCUT2D eigenvalue weighted by Crippen LogP contribution is 2.45. The minimum Gasteiger partial charge on any atom is -0.507 e. The Morgan fingerprint density at radius 1 is 1.04 bits per heavy atom. The molecular formula is C33H30FN3O6S2. The third-order valence-corrected chi connectivity index (χ3v) is 9.47. The largest absolute Gasteiger partial charge is 0.507 e. The van der Waals surface area contributed by atoms with Crippen LogP contribution in [0.3, 0.4) is 0 Å². The lowest BCUT2D eigenvalue weighted by Crippen LogP contribution is -2.29. The van der Waals surface area contributed by atoms with Crippen molar-refractivity contribution in [2.24, 2.45) is 0 Å². The number of ketones is 1. The molecule has 0 spiro atoms. The number of fused-ring (bicyclic) bond motifs is 1. The van der Waals surface area contributed by atoms with E-state index in [1.807, 2.05) is 6.07 Å². The summed E-state index contributed by atoms with van der Waals surface area (Å²) in [5.74, 6) is -0.553. The number of hydrogen-bond acceptors (Lipinski definition) is 10. The topological polar surface area (TPSA) is 111 Å². The molecule has 1 atom stereocenters. The molecule has 0 saturated carbocycles. The molecular weight excluding hydrogens is 618 g/mol. The van der Waals surface area contributed by atoms with Crippen LogP contribution in [0.5, 0.6) is 17.2 Å². The van der Waals surface area contributed by atoms with Gasteiger partial charge in [-0.25, -0.2) is 4.39 Å². The Balaban J connectivity index is 1.38. The lowest BCUT2D eigenvalue weighted by molar-refractivity contribution is -0.132. The van der Waals surface area contributed by atoms with E-state index in [1.54, 1.807) is 54.6 Å². The first-order valence-corrected chi connectivity index (χ1v) is 16.4. The maximum atomic E-state index is 14.2. The van der Waals surface area contributed by atoms with Gasteiger partial charge in [0.05, 0.1) is 18.2 Å². The fourth-order valence-corrected chi connectivity index (χ4v) is 6.97. The summed E-state index contributed by atoms with van der Waals surface area (Å²) in [6.07, 6.45) is 2.98. The number of aliphatic hydroxyl groups excluding tert-OH is 1. The predicted octanol–water partition coefficient (Wildman–Crippen LogP) is 6.94. The van der Waals surface area contributed by atoms with Gasteiger partial charge in [0.1, 0.15) is 30.5 Å². The van der Waals surface area contributed by atoms with Gasteiger partial charge in [-0.05, 0) is 53.9 Å². The number of carbonyl (C=O) groups is 2. The molecule has 0 bridgehead atoms. The quantitative estimate of drug-likeness (QED) is 0.0462. The number of aliphatic hydroxyl groups is 1. The third-order valence-electron chi connectivity index (χ3n) is 7.36. The Labute approximate surface area is 267 Å². The van der Waals surface area contributed by atoms with Gasteiger partial charge >= 0.3 is 5.91 Å². The van der Waals surface area contributed by atoms with E-state index in [0.717, 1.165) is 30.6 Å². The summed E-state index contributed by atoms with van der Waals surface area (Å²) in [6, 6.07) is 17.4. The van der Waals surface area contributed by atoms with Crippen molar-refractivity contribution in [2.45, 2.75) is 42.3 Å². The van der Waals surface area contributed by atoms with Crippen molar-refractivity contribution in [1.82, 2.24) is 10.2 Å². The van der Waals surface area contributed by atoms with Crippen LogP contribution in [0, 0.1) is 5.82 Å². The van der Waals surface area contributed by atoms with Crippen LogP contribution in [0.2, 0.25) is 0 Å². The van der Waals surface area contributed by atoms with E-state index >= 15 is 0 Å². The van der Waals surface area contributed by atoms with Crippen LogP contribution >= 0.6 is 23.1 Å². The normalized spacial score (nSPS) is 17.1. The Hall–Kier alpha value is -4.42. The fourth-order valence-electron chi connectivity index (χ4n) is 5.12. The van der Waals surface area contributed by atoms with Gasteiger partial charge in [0.15, 0.2) is 15.8 Å². The second-order valence-electron chi connectivity index (χ2n) is 10.4. The average molecular weight is 648 g/mol. The molecule has 1 aromatic heterocycles. The van der Waals surface area contributed by atoms with Crippen LogP contribution < -0.4 is 19.1 Å². The smallest absolute Gasteiger partial charge is 0.301 e. The molecule has 3 heterocycles. The van der Waals surface area contributed by atoms with Crippen molar-refractivity contribution in [3.8, 4) is 17.2 Å². The van der Waals surface area contributed by atoms with Crippen LogP contribution in [-0.4, -0.2) is 46.8 Å². The standard InChI is InChI=1S/C33H30FN3O6S2/c1-2-3-6-14-41-23-10-7-9-20(17-23)28-27(29(38)21-12-13-25-26(18-21)43-16-15-42-25)30(39)31(40)37(28)32-35-36-33(45-32)44-19-22-8-4-5-11-24(22)34/h4-5,7-13,17-18,28,38H,2-3,6,14-16,19H2,1H3/b29-27-. The number of benzene rings is 3. The first kappa shape index (κ1) is 30.6. The predicted molar refractivity (Wildman–Crippen MR) is 170 cm³/mol. The number of hydrogen-bond donors (Lipinski definition) is 1. The van der Waals surface area contributed by atoms with E-state index in [9.17, 15) is 19.1 Å². The summed E-state index contributed by atoms with van der Waals surface area (Å²) < 4.78 is 31.9. The van der Waals surface area contributed by atoms with Crippen molar-refractivity contribution in [3.05, 3.63) is 94.8 Å². The van der Waals surface area contributed by atoms with Crippen molar-refractivity contribution in [1.29, 1.82) is 0 Å². The molecule has 9 nitrogen and oxygen atoms in total. The molecule has 4 aromatic rings. The Kier molecular flexibility index (Phi) is 9.31. The molecule has 12 heteroatoms. The molecule has 6 rings (SSSR count). The molecule has 232 valence electrons. The Bertz CT molecular complexity index is 1760. The van der Waals surface area contributed by atoms with Gasteiger partial charge in [-0.1, -0.05) is 73.2 Å². The monoisotopic (exact) mass is 647 g/mol. The summed E-state index contributed by atoms with van der Waals surface area (Å²) in [5.41, 5.74) is 1.26. The molecule has 3 aromatic carbocycles. The molecule has 2 aliphatic heterocycles. The minimum absolute atomic E-state index is 0.101. The highest BCUT2D eigenvalue weighted by atomic mass is 32.2. The molecule has 1 saturated heterocycles. The van der Waals surface area contributed by atoms with E-state index < -0.39 is 17.7 Å². The molecule has 0 radical (unpaired) electrons. The van der Waals surface area contributed by atoms with Gasteiger partial charge in [0.2, 0.25) is 5.13 Å². The van der Waals surface area contributed by atoms with Crippen molar-refractivity contribution >= 4 is 45.7 Å². The second-order valence-corrected chi connectivity index (χ2v) is 12.6. The first-order chi connectivity index (χ1) is 21.9. The molecule has 1 fully saturated rings. The number of unbranched alkanes of at least 4 members (excludes halogenated alkanes) is 2. The molecule has 1 N–H and O–H groups in total. The highest BCUT2D eigenvalue weighted by Gasteiger charge is 2.48.